The van der Waals surface area contributed by atoms with Gasteiger partial charge in [0.2, 0.25) is 0 Å². The van der Waals surface area contributed by atoms with Crippen LogP contribution in [0.3, 0.4) is 0 Å². The molecule has 5 heteroatoms. The summed E-state index contributed by atoms with van der Waals surface area (Å²) in [7, 11) is 0. The van der Waals surface area contributed by atoms with Crippen molar-refractivity contribution in [2.75, 3.05) is 5.32 Å². The third-order valence-corrected chi connectivity index (χ3v) is 5.20. The second-order valence-electron chi connectivity index (χ2n) is 6.18. The molecule has 1 fully saturated rings. The van der Waals surface area contributed by atoms with Gasteiger partial charge in [-0.2, -0.15) is 0 Å². The molecule has 1 heterocycles. The lowest BCUT2D eigenvalue weighted by molar-refractivity contribution is 0.758. The SMILES string of the molecule is CC1(c2ccccc2Cl)CC1Nc1ncnc2cc(Cl)ccc12. The maximum Gasteiger partial charge on any atom is 0.137 e. The molecule has 1 aliphatic carbocycles. The van der Waals surface area contributed by atoms with Gasteiger partial charge in [0.25, 0.3) is 0 Å². The molecule has 0 amide bonds. The first-order valence-corrected chi connectivity index (χ1v) is 8.25. The standard InChI is InChI=1S/C18H15Cl2N3/c1-18(13-4-2-3-5-14(13)20)9-16(18)23-17-12-7-6-11(19)8-15(12)21-10-22-17/h2-8,10,16H,9H2,1H3,(H,21,22,23). The second kappa shape index (κ2) is 5.36. The molecule has 0 bridgehead atoms. The summed E-state index contributed by atoms with van der Waals surface area (Å²) in [6.07, 6.45) is 2.59. The minimum atomic E-state index is 0.0298. The summed E-state index contributed by atoms with van der Waals surface area (Å²) in [5.41, 5.74) is 2.05. The van der Waals surface area contributed by atoms with Crippen LogP contribution < -0.4 is 5.32 Å². The minimum Gasteiger partial charge on any atom is -0.366 e. The van der Waals surface area contributed by atoms with Crippen molar-refractivity contribution in [2.45, 2.75) is 24.8 Å². The van der Waals surface area contributed by atoms with E-state index in [1.807, 2.05) is 36.4 Å². The normalized spacial score (nSPS) is 23.0. The van der Waals surface area contributed by atoms with Crippen LogP contribution in [0.25, 0.3) is 10.9 Å². The fraction of sp³-hybridized carbons (Fsp3) is 0.222. The van der Waals surface area contributed by atoms with Crippen molar-refractivity contribution in [2.24, 2.45) is 0 Å². The zero-order valence-electron chi connectivity index (χ0n) is 12.6. The van der Waals surface area contributed by atoms with E-state index in [0.717, 1.165) is 28.2 Å². The largest absolute Gasteiger partial charge is 0.366 e. The molecule has 3 aromatic rings. The van der Waals surface area contributed by atoms with Gasteiger partial charge in [-0.1, -0.05) is 48.3 Å². The van der Waals surface area contributed by atoms with Crippen LogP contribution in [0.2, 0.25) is 10.0 Å². The van der Waals surface area contributed by atoms with Gasteiger partial charge in [0.05, 0.1) is 5.52 Å². The van der Waals surface area contributed by atoms with Crippen molar-refractivity contribution in [3.8, 4) is 0 Å². The fourth-order valence-corrected chi connectivity index (χ4v) is 3.63. The number of halogens is 2. The van der Waals surface area contributed by atoms with E-state index in [0.29, 0.717) is 11.1 Å². The first kappa shape index (κ1) is 14.7. The van der Waals surface area contributed by atoms with E-state index in [9.17, 15) is 0 Å². The Bertz CT molecular complexity index is 896. The lowest BCUT2D eigenvalue weighted by Crippen LogP contribution is -2.16. The van der Waals surface area contributed by atoms with E-state index in [-0.39, 0.29) is 5.41 Å². The molecule has 1 aliphatic rings. The zero-order valence-corrected chi connectivity index (χ0v) is 14.1. The maximum atomic E-state index is 6.36. The number of nitrogens with zero attached hydrogens (tertiary/aromatic N) is 2. The molecule has 0 saturated heterocycles. The summed E-state index contributed by atoms with van der Waals surface area (Å²) < 4.78 is 0. The van der Waals surface area contributed by atoms with Crippen LogP contribution in [0.5, 0.6) is 0 Å². The number of nitrogens with one attached hydrogen (secondary N) is 1. The van der Waals surface area contributed by atoms with Gasteiger partial charge in [-0.25, -0.2) is 9.97 Å². The summed E-state index contributed by atoms with van der Waals surface area (Å²) in [6.45, 7) is 2.23. The highest BCUT2D eigenvalue weighted by molar-refractivity contribution is 6.31. The smallest absolute Gasteiger partial charge is 0.137 e. The maximum absolute atomic E-state index is 6.36. The molecule has 3 nitrogen and oxygen atoms in total. The predicted molar refractivity (Wildman–Crippen MR) is 95.4 cm³/mol. The Morgan fingerprint density at radius 1 is 1.13 bits per heavy atom. The number of hydrogen-bond acceptors (Lipinski definition) is 3. The van der Waals surface area contributed by atoms with Gasteiger partial charge in [0.1, 0.15) is 12.1 Å². The molecular weight excluding hydrogens is 329 g/mol. The highest BCUT2D eigenvalue weighted by Crippen LogP contribution is 2.51. The van der Waals surface area contributed by atoms with Gasteiger partial charge in [0.15, 0.2) is 0 Å². The molecule has 2 unspecified atom stereocenters. The predicted octanol–water partition coefficient (Wildman–Crippen LogP) is 5.08. The van der Waals surface area contributed by atoms with Crippen molar-refractivity contribution in [1.82, 2.24) is 9.97 Å². The summed E-state index contributed by atoms with van der Waals surface area (Å²) in [5.74, 6) is 0.840. The van der Waals surface area contributed by atoms with Crippen molar-refractivity contribution >= 4 is 39.9 Å². The van der Waals surface area contributed by atoms with Crippen LogP contribution in [0.15, 0.2) is 48.8 Å². The van der Waals surface area contributed by atoms with Gasteiger partial charge < -0.3 is 5.32 Å². The Morgan fingerprint density at radius 2 is 1.96 bits per heavy atom. The molecule has 2 aromatic carbocycles. The highest BCUT2D eigenvalue weighted by Gasteiger charge is 2.52. The average molecular weight is 344 g/mol. The van der Waals surface area contributed by atoms with Crippen LogP contribution in [0.4, 0.5) is 5.82 Å². The molecule has 0 radical (unpaired) electrons. The second-order valence-corrected chi connectivity index (χ2v) is 7.03. The van der Waals surface area contributed by atoms with Crippen molar-refractivity contribution < 1.29 is 0 Å². The lowest BCUT2D eigenvalue weighted by Gasteiger charge is -2.15. The van der Waals surface area contributed by atoms with Gasteiger partial charge in [0, 0.05) is 26.9 Å². The fourth-order valence-electron chi connectivity index (χ4n) is 3.11. The zero-order chi connectivity index (χ0) is 16.0. The summed E-state index contributed by atoms with van der Waals surface area (Å²) >= 11 is 12.4. The van der Waals surface area contributed by atoms with Gasteiger partial charge in [-0.05, 0) is 36.2 Å². The molecule has 2 atom stereocenters. The molecule has 0 spiro atoms. The van der Waals surface area contributed by atoms with Gasteiger partial charge >= 0.3 is 0 Å². The first-order valence-electron chi connectivity index (χ1n) is 7.50. The molecule has 1 N–H and O–H groups in total. The number of anilines is 1. The molecule has 4 rings (SSSR count). The Hall–Kier alpha value is -1.84. The number of hydrogen-bond donors (Lipinski definition) is 1. The van der Waals surface area contributed by atoms with E-state index in [4.69, 9.17) is 23.2 Å². The Labute approximate surface area is 144 Å². The molecular formula is C18H15Cl2N3. The van der Waals surface area contributed by atoms with Crippen molar-refractivity contribution in [3.05, 3.63) is 64.4 Å². The molecule has 23 heavy (non-hydrogen) atoms. The summed E-state index contributed by atoms with van der Waals surface area (Å²) in [6, 6.07) is 14.0. The summed E-state index contributed by atoms with van der Waals surface area (Å²) in [4.78, 5) is 8.68. The summed E-state index contributed by atoms with van der Waals surface area (Å²) in [5, 5.41) is 6.01. The lowest BCUT2D eigenvalue weighted by atomic mass is 9.97. The van der Waals surface area contributed by atoms with E-state index in [1.54, 1.807) is 6.33 Å². The van der Waals surface area contributed by atoms with E-state index in [1.165, 1.54) is 5.56 Å². The quantitative estimate of drug-likeness (QED) is 0.720. The van der Waals surface area contributed by atoms with E-state index >= 15 is 0 Å². The van der Waals surface area contributed by atoms with Gasteiger partial charge in [-0.3, -0.25) is 0 Å². The van der Waals surface area contributed by atoms with Crippen LogP contribution in [-0.2, 0) is 5.41 Å². The number of rotatable bonds is 3. The number of aromatic nitrogens is 2. The average Bonchev–Trinajstić information content (AvgIpc) is 3.18. The first-order chi connectivity index (χ1) is 11.1. The van der Waals surface area contributed by atoms with Crippen LogP contribution in [0, 0.1) is 0 Å². The van der Waals surface area contributed by atoms with Crippen molar-refractivity contribution in [3.63, 3.8) is 0 Å². The topological polar surface area (TPSA) is 37.8 Å². The third kappa shape index (κ3) is 2.54. The Balaban J connectivity index is 1.65. The van der Waals surface area contributed by atoms with Crippen LogP contribution in [0.1, 0.15) is 18.9 Å². The molecule has 1 saturated carbocycles. The molecule has 116 valence electrons. The van der Waals surface area contributed by atoms with Crippen LogP contribution >= 0.6 is 23.2 Å². The number of fused-ring (bicyclic) bond motifs is 1. The molecule has 1 aromatic heterocycles. The molecule has 0 aliphatic heterocycles. The number of benzene rings is 2. The Morgan fingerprint density at radius 3 is 2.78 bits per heavy atom. The minimum absolute atomic E-state index is 0.0298. The van der Waals surface area contributed by atoms with Crippen LogP contribution in [-0.4, -0.2) is 16.0 Å². The highest BCUT2D eigenvalue weighted by atomic mass is 35.5. The monoisotopic (exact) mass is 343 g/mol. The third-order valence-electron chi connectivity index (χ3n) is 4.64. The van der Waals surface area contributed by atoms with Crippen molar-refractivity contribution in [1.29, 1.82) is 0 Å². The Kier molecular flexibility index (Phi) is 3.43. The van der Waals surface area contributed by atoms with E-state index < -0.39 is 0 Å². The van der Waals surface area contributed by atoms with Gasteiger partial charge in [-0.15, -0.1) is 0 Å². The van der Waals surface area contributed by atoms with E-state index in [2.05, 4.69) is 28.3 Å².